The predicted octanol–water partition coefficient (Wildman–Crippen LogP) is 4.16. The monoisotopic (exact) mass is 289 g/mol. The zero-order valence-electron chi connectivity index (χ0n) is 10.8. The number of nitrogens with one attached hydrogen (secondary N) is 1. The van der Waals surface area contributed by atoms with Crippen LogP contribution in [-0.4, -0.2) is 19.1 Å². The summed E-state index contributed by atoms with van der Waals surface area (Å²) >= 11 is 0. The lowest BCUT2D eigenvalue weighted by atomic mass is 9.69. The topological polar surface area (TPSA) is 21.3 Å². The van der Waals surface area contributed by atoms with Gasteiger partial charge in [0, 0.05) is 30.5 Å². The highest BCUT2D eigenvalue weighted by Crippen LogP contribution is 2.51. The van der Waals surface area contributed by atoms with Gasteiger partial charge in [0.2, 0.25) is 5.92 Å². The Bertz CT molecular complexity index is 508. The van der Waals surface area contributed by atoms with Gasteiger partial charge >= 0.3 is 6.61 Å². The first-order valence-electron chi connectivity index (χ1n) is 6.61. The maximum atomic E-state index is 13.3. The highest BCUT2D eigenvalue weighted by atomic mass is 19.3. The van der Waals surface area contributed by atoms with E-state index in [9.17, 15) is 17.6 Å². The van der Waals surface area contributed by atoms with Gasteiger partial charge in [0.1, 0.15) is 5.75 Å². The molecule has 0 atom stereocenters. The average molecular weight is 289 g/mol. The van der Waals surface area contributed by atoms with Crippen LogP contribution in [0.3, 0.4) is 0 Å². The first-order chi connectivity index (χ1) is 9.40. The third-order valence-electron chi connectivity index (χ3n) is 4.34. The summed E-state index contributed by atoms with van der Waals surface area (Å²) in [5, 5.41) is 3.18. The Balaban J connectivity index is 1.89. The van der Waals surface area contributed by atoms with Crippen molar-refractivity contribution in [2.24, 2.45) is 0 Å². The SMILES string of the molecule is FC(F)Oc1ccc2c(c1)C1(CCC(F)(F)CC1)CN2. The molecule has 2 nitrogen and oxygen atoms in total. The van der Waals surface area contributed by atoms with E-state index in [4.69, 9.17) is 0 Å². The predicted molar refractivity (Wildman–Crippen MR) is 66.7 cm³/mol. The van der Waals surface area contributed by atoms with E-state index in [1.54, 1.807) is 12.1 Å². The van der Waals surface area contributed by atoms with Crippen LogP contribution in [0.5, 0.6) is 5.75 Å². The van der Waals surface area contributed by atoms with Crippen LogP contribution >= 0.6 is 0 Å². The number of rotatable bonds is 2. The molecule has 1 heterocycles. The van der Waals surface area contributed by atoms with Crippen LogP contribution in [0, 0.1) is 0 Å². The van der Waals surface area contributed by atoms with Gasteiger partial charge in [-0.25, -0.2) is 8.78 Å². The van der Waals surface area contributed by atoms with Crippen molar-refractivity contribution in [1.82, 2.24) is 0 Å². The van der Waals surface area contributed by atoms with E-state index < -0.39 is 12.5 Å². The molecule has 0 unspecified atom stereocenters. The zero-order chi connectivity index (χ0) is 14.4. The second kappa shape index (κ2) is 4.53. The molecule has 1 saturated carbocycles. The van der Waals surface area contributed by atoms with Crippen molar-refractivity contribution in [3.05, 3.63) is 23.8 Å². The van der Waals surface area contributed by atoms with Crippen LogP contribution in [-0.2, 0) is 5.41 Å². The summed E-state index contributed by atoms with van der Waals surface area (Å²) in [5.74, 6) is -2.52. The first kappa shape index (κ1) is 13.5. The Kier molecular flexibility index (Phi) is 3.06. The summed E-state index contributed by atoms with van der Waals surface area (Å²) in [6, 6.07) is 4.70. The van der Waals surface area contributed by atoms with Crippen molar-refractivity contribution in [3.8, 4) is 5.75 Å². The number of anilines is 1. The van der Waals surface area contributed by atoms with Crippen LogP contribution in [0.4, 0.5) is 23.2 Å². The van der Waals surface area contributed by atoms with Crippen molar-refractivity contribution < 1.29 is 22.3 Å². The minimum Gasteiger partial charge on any atom is -0.435 e. The van der Waals surface area contributed by atoms with Gasteiger partial charge in [-0.05, 0) is 36.6 Å². The molecule has 1 spiro atoms. The Morgan fingerprint density at radius 1 is 1.10 bits per heavy atom. The van der Waals surface area contributed by atoms with E-state index in [1.807, 2.05) is 0 Å². The van der Waals surface area contributed by atoms with Crippen molar-refractivity contribution >= 4 is 5.69 Å². The molecule has 1 aliphatic carbocycles. The van der Waals surface area contributed by atoms with Gasteiger partial charge < -0.3 is 10.1 Å². The fourth-order valence-corrected chi connectivity index (χ4v) is 3.19. The van der Waals surface area contributed by atoms with Crippen molar-refractivity contribution in [3.63, 3.8) is 0 Å². The molecule has 0 radical (unpaired) electrons. The molecule has 0 aromatic heterocycles. The van der Waals surface area contributed by atoms with Crippen molar-refractivity contribution in [2.45, 2.75) is 43.6 Å². The van der Waals surface area contributed by atoms with Gasteiger partial charge in [0.25, 0.3) is 0 Å². The lowest BCUT2D eigenvalue weighted by Crippen LogP contribution is -2.38. The van der Waals surface area contributed by atoms with Crippen molar-refractivity contribution in [1.29, 1.82) is 0 Å². The molecule has 1 N–H and O–H groups in total. The van der Waals surface area contributed by atoms with E-state index in [1.165, 1.54) is 6.07 Å². The van der Waals surface area contributed by atoms with Gasteiger partial charge in [-0.15, -0.1) is 0 Å². The van der Waals surface area contributed by atoms with Crippen LogP contribution in [0.25, 0.3) is 0 Å². The van der Waals surface area contributed by atoms with Gasteiger partial charge in [0.15, 0.2) is 0 Å². The molecular weight excluding hydrogens is 274 g/mol. The summed E-state index contributed by atoms with van der Waals surface area (Å²) in [6.45, 7) is -2.30. The number of hydrogen-bond donors (Lipinski definition) is 1. The Hall–Kier alpha value is -1.46. The summed E-state index contributed by atoms with van der Waals surface area (Å²) in [6.07, 6.45) is 0.401. The lowest BCUT2D eigenvalue weighted by Gasteiger charge is -2.37. The maximum absolute atomic E-state index is 13.3. The van der Waals surface area contributed by atoms with E-state index in [2.05, 4.69) is 10.1 Å². The summed E-state index contributed by atoms with van der Waals surface area (Å²) in [5.41, 5.74) is 1.28. The molecule has 1 aromatic carbocycles. The standard InChI is InChI=1S/C14H15F4NO/c15-12(16)20-9-1-2-11-10(7-9)13(8-19-11)3-5-14(17,18)6-4-13/h1-2,7,12,19H,3-6,8H2. The fourth-order valence-electron chi connectivity index (χ4n) is 3.19. The van der Waals surface area contributed by atoms with Crippen LogP contribution in [0.2, 0.25) is 0 Å². The highest BCUT2D eigenvalue weighted by molar-refractivity contribution is 5.62. The second-order valence-electron chi connectivity index (χ2n) is 5.58. The molecule has 3 rings (SSSR count). The number of benzene rings is 1. The maximum Gasteiger partial charge on any atom is 0.387 e. The first-order valence-corrected chi connectivity index (χ1v) is 6.61. The third kappa shape index (κ3) is 2.31. The number of ether oxygens (including phenoxy) is 1. The van der Waals surface area contributed by atoms with E-state index in [0.717, 1.165) is 11.3 Å². The summed E-state index contributed by atoms with van der Waals surface area (Å²) in [4.78, 5) is 0. The van der Waals surface area contributed by atoms with Gasteiger partial charge in [-0.2, -0.15) is 8.78 Å². The number of halogens is 4. The molecule has 1 fully saturated rings. The Morgan fingerprint density at radius 3 is 2.45 bits per heavy atom. The average Bonchev–Trinajstić information content (AvgIpc) is 2.72. The van der Waals surface area contributed by atoms with E-state index in [0.29, 0.717) is 19.4 Å². The number of fused-ring (bicyclic) bond motifs is 2. The third-order valence-corrected chi connectivity index (χ3v) is 4.34. The number of hydrogen-bond acceptors (Lipinski definition) is 2. The molecule has 6 heteroatoms. The largest absolute Gasteiger partial charge is 0.435 e. The molecular formula is C14H15F4NO. The molecule has 1 aliphatic heterocycles. The molecule has 110 valence electrons. The van der Waals surface area contributed by atoms with E-state index in [-0.39, 0.29) is 24.0 Å². The highest BCUT2D eigenvalue weighted by Gasteiger charge is 2.47. The Labute approximate surface area is 114 Å². The number of alkyl halides is 4. The van der Waals surface area contributed by atoms with Crippen LogP contribution in [0.1, 0.15) is 31.2 Å². The normalized spacial score (nSPS) is 22.6. The molecule has 1 aromatic rings. The van der Waals surface area contributed by atoms with Gasteiger partial charge in [-0.3, -0.25) is 0 Å². The molecule has 0 saturated heterocycles. The minimum atomic E-state index is -2.88. The summed E-state index contributed by atoms with van der Waals surface area (Å²) < 4.78 is 55.6. The molecule has 0 bridgehead atoms. The fraction of sp³-hybridized carbons (Fsp3) is 0.571. The Morgan fingerprint density at radius 2 is 1.80 bits per heavy atom. The second-order valence-corrected chi connectivity index (χ2v) is 5.58. The van der Waals surface area contributed by atoms with Crippen molar-refractivity contribution in [2.75, 3.05) is 11.9 Å². The molecule has 20 heavy (non-hydrogen) atoms. The van der Waals surface area contributed by atoms with Crippen LogP contribution < -0.4 is 10.1 Å². The smallest absolute Gasteiger partial charge is 0.387 e. The molecule has 0 amide bonds. The van der Waals surface area contributed by atoms with Crippen LogP contribution in [0.15, 0.2) is 18.2 Å². The quantitative estimate of drug-likeness (QED) is 0.825. The van der Waals surface area contributed by atoms with Gasteiger partial charge in [-0.1, -0.05) is 0 Å². The lowest BCUT2D eigenvalue weighted by molar-refractivity contribution is -0.0510. The summed E-state index contributed by atoms with van der Waals surface area (Å²) in [7, 11) is 0. The zero-order valence-corrected chi connectivity index (χ0v) is 10.8. The molecule has 2 aliphatic rings. The van der Waals surface area contributed by atoms with Gasteiger partial charge in [0.05, 0.1) is 0 Å². The minimum absolute atomic E-state index is 0.0826. The van der Waals surface area contributed by atoms with E-state index >= 15 is 0 Å².